The lowest BCUT2D eigenvalue weighted by Gasteiger charge is -2.21. The number of fused-ring (bicyclic) bond motifs is 1. The summed E-state index contributed by atoms with van der Waals surface area (Å²) in [5, 5.41) is 0. The maximum Gasteiger partial charge on any atom is 0.176 e. The fraction of sp³-hybridized carbons (Fsp3) is 0.385. The molecule has 0 aromatic heterocycles. The predicted octanol–water partition coefficient (Wildman–Crippen LogP) is 2.55. The van der Waals surface area contributed by atoms with Gasteiger partial charge in [0.05, 0.1) is 5.41 Å². The van der Waals surface area contributed by atoms with Crippen LogP contribution in [-0.2, 0) is 11.2 Å². The summed E-state index contributed by atoms with van der Waals surface area (Å²) in [4.78, 5) is 23.8. The highest BCUT2D eigenvalue weighted by Crippen LogP contribution is 2.40. The predicted molar refractivity (Wildman–Crippen MR) is 57.8 cm³/mol. The summed E-state index contributed by atoms with van der Waals surface area (Å²) in [5.41, 5.74) is 0.205. The van der Waals surface area contributed by atoms with Crippen LogP contribution in [0.1, 0.15) is 36.2 Å². The van der Waals surface area contributed by atoms with Crippen molar-refractivity contribution in [2.45, 2.75) is 26.7 Å². The van der Waals surface area contributed by atoms with Crippen LogP contribution in [0.25, 0.3) is 0 Å². The number of Topliss-reactive ketones (excluding diaryl/α,β-unsaturated/α-hetero) is 2. The monoisotopic (exact) mass is 220 g/mol. The van der Waals surface area contributed by atoms with Crippen LogP contribution in [-0.4, -0.2) is 11.6 Å². The number of benzene rings is 1. The highest BCUT2D eigenvalue weighted by molar-refractivity contribution is 6.17. The molecule has 1 aliphatic rings. The third-order valence-electron chi connectivity index (χ3n) is 3.52. The summed E-state index contributed by atoms with van der Waals surface area (Å²) in [6.45, 7) is 3.26. The van der Waals surface area contributed by atoms with Crippen LogP contribution >= 0.6 is 0 Å². The van der Waals surface area contributed by atoms with Crippen LogP contribution < -0.4 is 0 Å². The number of ketones is 2. The van der Waals surface area contributed by atoms with Crippen molar-refractivity contribution in [3.63, 3.8) is 0 Å². The average Bonchev–Trinajstić information content (AvgIpc) is 2.52. The first-order chi connectivity index (χ1) is 7.51. The van der Waals surface area contributed by atoms with Crippen molar-refractivity contribution in [1.29, 1.82) is 0 Å². The number of carbonyl (C=O) groups excluding carboxylic acids is 2. The summed E-state index contributed by atoms with van der Waals surface area (Å²) < 4.78 is 13.0. The molecule has 0 radical (unpaired) electrons. The SMILES string of the molecule is CCC1(C(C)=O)Cc2cc(F)ccc2C1=O. The Labute approximate surface area is 93.5 Å². The van der Waals surface area contributed by atoms with Gasteiger partial charge in [-0.25, -0.2) is 4.39 Å². The Morgan fingerprint density at radius 3 is 2.75 bits per heavy atom. The lowest BCUT2D eigenvalue weighted by molar-refractivity contribution is -0.124. The summed E-state index contributed by atoms with van der Waals surface area (Å²) in [6, 6.07) is 4.10. The summed E-state index contributed by atoms with van der Waals surface area (Å²) in [5.74, 6) is -0.642. The zero-order valence-electron chi connectivity index (χ0n) is 9.34. The molecule has 16 heavy (non-hydrogen) atoms. The van der Waals surface area contributed by atoms with Crippen LogP contribution in [0.2, 0.25) is 0 Å². The maximum atomic E-state index is 13.0. The fourth-order valence-corrected chi connectivity index (χ4v) is 2.41. The van der Waals surface area contributed by atoms with Gasteiger partial charge in [0.2, 0.25) is 0 Å². The molecule has 0 spiro atoms. The van der Waals surface area contributed by atoms with Crippen molar-refractivity contribution < 1.29 is 14.0 Å². The van der Waals surface area contributed by atoms with Crippen molar-refractivity contribution >= 4 is 11.6 Å². The molecule has 0 heterocycles. The van der Waals surface area contributed by atoms with Crippen LogP contribution in [0.15, 0.2) is 18.2 Å². The average molecular weight is 220 g/mol. The lowest BCUT2D eigenvalue weighted by Crippen LogP contribution is -2.34. The fourth-order valence-electron chi connectivity index (χ4n) is 2.41. The summed E-state index contributed by atoms with van der Waals surface area (Å²) in [7, 11) is 0. The van der Waals surface area contributed by atoms with E-state index >= 15 is 0 Å². The quantitative estimate of drug-likeness (QED) is 0.718. The molecular formula is C13H13FO2. The van der Waals surface area contributed by atoms with Gasteiger partial charge in [0.25, 0.3) is 0 Å². The third-order valence-corrected chi connectivity index (χ3v) is 3.52. The van der Waals surface area contributed by atoms with Crippen LogP contribution in [0, 0.1) is 11.2 Å². The second-order valence-electron chi connectivity index (χ2n) is 4.30. The zero-order chi connectivity index (χ0) is 11.9. The molecule has 2 nitrogen and oxygen atoms in total. The smallest absolute Gasteiger partial charge is 0.176 e. The summed E-state index contributed by atoms with van der Waals surface area (Å²) in [6.07, 6.45) is 0.808. The molecule has 0 aliphatic heterocycles. The van der Waals surface area contributed by atoms with E-state index in [2.05, 4.69) is 0 Å². The molecule has 0 saturated heterocycles. The first-order valence-electron chi connectivity index (χ1n) is 5.35. The van der Waals surface area contributed by atoms with Gasteiger partial charge in [-0.1, -0.05) is 6.92 Å². The molecule has 1 aromatic rings. The Bertz CT molecular complexity index is 479. The Hall–Kier alpha value is -1.51. The molecule has 0 amide bonds. The highest BCUT2D eigenvalue weighted by atomic mass is 19.1. The minimum atomic E-state index is -0.948. The zero-order valence-corrected chi connectivity index (χ0v) is 9.34. The van der Waals surface area contributed by atoms with Gasteiger partial charge in [-0.15, -0.1) is 0 Å². The Morgan fingerprint density at radius 2 is 2.19 bits per heavy atom. The van der Waals surface area contributed by atoms with Gasteiger partial charge in [0.1, 0.15) is 11.6 Å². The van der Waals surface area contributed by atoms with E-state index < -0.39 is 5.41 Å². The topological polar surface area (TPSA) is 34.1 Å². The van der Waals surface area contributed by atoms with E-state index in [0.29, 0.717) is 24.0 Å². The largest absolute Gasteiger partial charge is 0.299 e. The van der Waals surface area contributed by atoms with E-state index in [4.69, 9.17) is 0 Å². The van der Waals surface area contributed by atoms with Gasteiger partial charge in [0.15, 0.2) is 5.78 Å². The molecule has 0 fully saturated rings. The van der Waals surface area contributed by atoms with Crippen LogP contribution in [0.4, 0.5) is 4.39 Å². The second-order valence-corrected chi connectivity index (χ2v) is 4.30. The van der Waals surface area contributed by atoms with E-state index in [1.807, 2.05) is 6.92 Å². The van der Waals surface area contributed by atoms with Crippen molar-refractivity contribution in [2.24, 2.45) is 5.41 Å². The Morgan fingerprint density at radius 1 is 1.50 bits per heavy atom. The van der Waals surface area contributed by atoms with E-state index in [1.54, 1.807) is 0 Å². The molecule has 2 rings (SSSR count). The first-order valence-corrected chi connectivity index (χ1v) is 5.35. The minimum Gasteiger partial charge on any atom is -0.299 e. The molecule has 84 valence electrons. The lowest BCUT2D eigenvalue weighted by atomic mass is 9.78. The molecule has 0 bridgehead atoms. The van der Waals surface area contributed by atoms with Crippen molar-refractivity contribution in [3.8, 4) is 0 Å². The molecule has 1 aromatic carbocycles. The number of halogens is 1. The van der Waals surface area contributed by atoms with Gasteiger partial charge >= 0.3 is 0 Å². The maximum absolute atomic E-state index is 13.0. The number of rotatable bonds is 2. The molecule has 1 atom stereocenters. The van der Waals surface area contributed by atoms with E-state index in [0.717, 1.165) is 0 Å². The van der Waals surface area contributed by atoms with Crippen molar-refractivity contribution in [3.05, 3.63) is 35.1 Å². The standard InChI is InChI=1S/C13H13FO2/c1-3-13(8(2)15)7-9-6-10(14)4-5-11(9)12(13)16/h4-6H,3,7H2,1-2H3. The number of carbonyl (C=O) groups is 2. The van der Waals surface area contributed by atoms with E-state index in [1.165, 1.54) is 25.1 Å². The first kappa shape index (κ1) is 11.0. The van der Waals surface area contributed by atoms with Crippen molar-refractivity contribution in [2.75, 3.05) is 0 Å². The molecule has 0 saturated carbocycles. The molecule has 0 N–H and O–H groups in total. The number of hydrogen-bond donors (Lipinski definition) is 0. The molecule has 3 heteroatoms. The number of hydrogen-bond acceptors (Lipinski definition) is 2. The second kappa shape index (κ2) is 3.51. The Kier molecular flexibility index (Phi) is 2.41. The van der Waals surface area contributed by atoms with E-state index in [-0.39, 0.29) is 17.4 Å². The van der Waals surface area contributed by atoms with Gasteiger partial charge in [-0.3, -0.25) is 9.59 Å². The minimum absolute atomic E-state index is 0.128. The van der Waals surface area contributed by atoms with Gasteiger partial charge in [0, 0.05) is 5.56 Å². The summed E-state index contributed by atoms with van der Waals surface area (Å²) >= 11 is 0. The van der Waals surface area contributed by atoms with Crippen molar-refractivity contribution in [1.82, 2.24) is 0 Å². The van der Waals surface area contributed by atoms with E-state index in [9.17, 15) is 14.0 Å². The third kappa shape index (κ3) is 1.31. The van der Waals surface area contributed by atoms with Gasteiger partial charge < -0.3 is 0 Å². The molecule has 1 aliphatic carbocycles. The highest BCUT2D eigenvalue weighted by Gasteiger charge is 2.47. The van der Waals surface area contributed by atoms with Gasteiger partial charge in [-0.05, 0) is 43.5 Å². The van der Waals surface area contributed by atoms with Crippen LogP contribution in [0.3, 0.4) is 0 Å². The molecular weight excluding hydrogens is 207 g/mol. The normalized spacial score (nSPS) is 23.3. The molecule has 1 unspecified atom stereocenters. The Balaban J connectivity index is 2.55. The van der Waals surface area contributed by atoms with Crippen LogP contribution in [0.5, 0.6) is 0 Å². The van der Waals surface area contributed by atoms with Gasteiger partial charge in [-0.2, -0.15) is 0 Å².